The zero-order chi connectivity index (χ0) is 13.7. The first-order chi connectivity index (χ1) is 9.20. The number of benzene rings is 1. The van der Waals surface area contributed by atoms with Crippen molar-refractivity contribution < 1.29 is 14.3 Å². The average Bonchev–Trinajstić information content (AvgIpc) is 2.47. The fourth-order valence-corrected chi connectivity index (χ4v) is 2.55. The summed E-state index contributed by atoms with van der Waals surface area (Å²) in [6.45, 7) is 2.65. The first kappa shape index (κ1) is 13.9. The Morgan fingerprint density at radius 2 is 2.21 bits per heavy atom. The van der Waals surface area contributed by atoms with E-state index in [4.69, 9.17) is 9.47 Å². The van der Waals surface area contributed by atoms with Gasteiger partial charge in [-0.3, -0.25) is 0 Å². The summed E-state index contributed by atoms with van der Waals surface area (Å²) in [7, 11) is 1.44. The van der Waals surface area contributed by atoms with E-state index in [2.05, 4.69) is 12.2 Å². The Morgan fingerprint density at radius 1 is 1.47 bits per heavy atom. The third-order valence-corrected chi connectivity index (χ3v) is 3.65. The molecule has 4 heteroatoms. The van der Waals surface area contributed by atoms with Crippen LogP contribution >= 0.6 is 0 Å². The molecule has 4 nitrogen and oxygen atoms in total. The van der Waals surface area contributed by atoms with Crippen molar-refractivity contribution in [1.82, 2.24) is 0 Å². The average molecular weight is 263 g/mol. The van der Waals surface area contributed by atoms with Crippen LogP contribution in [0.4, 0.5) is 5.69 Å². The highest BCUT2D eigenvalue weighted by Crippen LogP contribution is 2.31. The lowest BCUT2D eigenvalue weighted by Gasteiger charge is -2.39. The van der Waals surface area contributed by atoms with E-state index >= 15 is 0 Å². The van der Waals surface area contributed by atoms with Crippen molar-refractivity contribution in [2.45, 2.75) is 37.8 Å². The van der Waals surface area contributed by atoms with Crippen LogP contribution in [0.5, 0.6) is 0 Å². The predicted octanol–water partition coefficient (Wildman–Crippen LogP) is 2.60. The first-order valence-electron chi connectivity index (χ1n) is 6.73. The van der Waals surface area contributed by atoms with Crippen LogP contribution in [0.25, 0.3) is 0 Å². The molecule has 1 fully saturated rings. The normalized spacial score (nSPS) is 26.7. The Bertz CT molecular complexity index is 421. The van der Waals surface area contributed by atoms with Crippen LogP contribution in [-0.2, 0) is 14.3 Å². The van der Waals surface area contributed by atoms with E-state index in [9.17, 15) is 4.79 Å². The molecule has 0 aliphatic carbocycles. The lowest BCUT2D eigenvalue weighted by Crippen LogP contribution is -2.53. The summed E-state index contributed by atoms with van der Waals surface area (Å²) in [4.78, 5) is 12.2. The van der Waals surface area contributed by atoms with Crippen molar-refractivity contribution in [3.8, 4) is 0 Å². The van der Waals surface area contributed by atoms with E-state index in [1.807, 2.05) is 30.3 Å². The van der Waals surface area contributed by atoms with Crippen LogP contribution < -0.4 is 5.32 Å². The summed E-state index contributed by atoms with van der Waals surface area (Å²) in [5.74, 6) is -0.210. The van der Waals surface area contributed by atoms with E-state index in [-0.39, 0.29) is 12.1 Å². The van der Waals surface area contributed by atoms with Crippen LogP contribution in [0.1, 0.15) is 26.2 Å². The molecule has 1 N–H and O–H groups in total. The van der Waals surface area contributed by atoms with Gasteiger partial charge in [0.15, 0.2) is 0 Å². The van der Waals surface area contributed by atoms with E-state index in [1.54, 1.807) is 0 Å². The SMILES string of the molecule is CCC1CC(Nc2ccccc2)(C(=O)OC)CCO1. The van der Waals surface area contributed by atoms with Gasteiger partial charge >= 0.3 is 5.97 Å². The number of carbonyl (C=O) groups excluding carboxylic acids is 1. The molecular formula is C15H21NO3. The number of esters is 1. The third kappa shape index (κ3) is 3.07. The highest BCUT2D eigenvalue weighted by molar-refractivity contribution is 5.84. The summed E-state index contributed by atoms with van der Waals surface area (Å²) in [5.41, 5.74) is 0.263. The van der Waals surface area contributed by atoms with Crippen molar-refractivity contribution in [3.05, 3.63) is 30.3 Å². The van der Waals surface area contributed by atoms with Crippen molar-refractivity contribution in [1.29, 1.82) is 0 Å². The standard InChI is InChI=1S/C15H21NO3/c1-3-13-11-15(9-10-19-13,14(17)18-2)16-12-7-5-4-6-8-12/h4-8,13,16H,3,9-11H2,1-2H3. The van der Waals surface area contributed by atoms with Gasteiger partial charge in [0.05, 0.1) is 13.2 Å². The van der Waals surface area contributed by atoms with E-state index in [1.165, 1.54) is 7.11 Å². The fraction of sp³-hybridized carbons (Fsp3) is 0.533. The molecule has 0 amide bonds. The Balaban J connectivity index is 2.22. The maximum atomic E-state index is 12.2. The highest BCUT2D eigenvalue weighted by Gasteiger charge is 2.44. The molecule has 1 aromatic carbocycles. The van der Waals surface area contributed by atoms with E-state index in [0.29, 0.717) is 19.4 Å². The molecule has 104 valence electrons. The number of para-hydroxylation sites is 1. The molecule has 1 saturated heterocycles. The van der Waals surface area contributed by atoms with Gasteiger partial charge in [-0.25, -0.2) is 4.79 Å². The molecule has 1 heterocycles. The second kappa shape index (κ2) is 6.06. The second-order valence-electron chi connectivity index (χ2n) is 4.92. The number of rotatable bonds is 4. The minimum atomic E-state index is -0.672. The van der Waals surface area contributed by atoms with E-state index < -0.39 is 5.54 Å². The maximum Gasteiger partial charge on any atom is 0.331 e. The van der Waals surface area contributed by atoms with Crippen LogP contribution in [0.2, 0.25) is 0 Å². The van der Waals surface area contributed by atoms with Crippen LogP contribution in [-0.4, -0.2) is 31.3 Å². The first-order valence-corrected chi connectivity index (χ1v) is 6.73. The van der Waals surface area contributed by atoms with Crippen molar-refractivity contribution in [2.24, 2.45) is 0 Å². The largest absolute Gasteiger partial charge is 0.467 e. The lowest BCUT2D eigenvalue weighted by atomic mass is 9.85. The monoisotopic (exact) mass is 263 g/mol. The molecule has 0 aromatic heterocycles. The second-order valence-corrected chi connectivity index (χ2v) is 4.92. The molecule has 0 saturated carbocycles. The number of hydrogen-bond donors (Lipinski definition) is 1. The summed E-state index contributed by atoms with van der Waals surface area (Å²) in [5, 5.41) is 3.35. The highest BCUT2D eigenvalue weighted by atomic mass is 16.5. The molecule has 0 radical (unpaired) electrons. The Morgan fingerprint density at radius 3 is 2.84 bits per heavy atom. The Labute approximate surface area is 114 Å². The fourth-order valence-electron chi connectivity index (χ4n) is 2.55. The van der Waals surface area contributed by atoms with E-state index in [0.717, 1.165) is 12.1 Å². The molecule has 19 heavy (non-hydrogen) atoms. The van der Waals surface area contributed by atoms with Gasteiger partial charge < -0.3 is 14.8 Å². The molecule has 2 unspecified atom stereocenters. The predicted molar refractivity (Wildman–Crippen MR) is 74.1 cm³/mol. The lowest BCUT2D eigenvalue weighted by molar-refractivity contribution is -0.151. The van der Waals surface area contributed by atoms with Gasteiger partial charge in [-0.15, -0.1) is 0 Å². The van der Waals surface area contributed by atoms with Gasteiger partial charge in [0, 0.05) is 25.1 Å². The van der Waals surface area contributed by atoms with Gasteiger partial charge in [-0.1, -0.05) is 25.1 Å². The molecule has 1 aromatic rings. The molecule has 0 spiro atoms. The molecule has 2 atom stereocenters. The summed E-state index contributed by atoms with van der Waals surface area (Å²) in [6, 6.07) is 9.77. The number of methoxy groups -OCH3 is 1. The number of hydrogen-bond acceptors (Lipinski definition) is 4. The molecule has 0 bridgehead atoms. The van der Waals surface area contributed by atoms with Crippen LogP contribution in [0, 0.1) is 0 Å². The van der Waals surface area contributed by atoms with Gasteiger partial charge in [-0.2, -0.15) is 0 Å². The van der Waals surface area contributed by atoms with Crippen molar-refractivity contribution in [2.75, 3.05) is 19.0 Å². The molecule has 1 aliphatic heterocycles. The minimum absolute atomic E-state index is 0.101. The maximum absolute atomic E-state index is 12.2. The quantitative estimate of drug-likeness (QED) is 0.848. The molecule has 2 rings (SSSR count). The zero-order valence-corrected chi connectivity index (χ0v) is 11.5. The molecule has 1 aliphatic rings. The Kier molecular flexibility index (Phi) is 4.43. The van der Waals surface area contributed by atoms with Crippen LogP contribution in [0.15, 0.2) is 30.3 Å². The Hall–Kier alpha value is -1.55. The third-order valence-electron chi connectivity index (χ3n) is 3.65. The number of carbonyl (C=O) groups is 1. The summed E-state index contributed by atoms with van der Waals surface area (Å²) >= 11 is 0. The van der Waals surface area contributed by atoms with Crippen molar-refractivity contribution in [3.63, 3.8) is 0 Å². The summed E-state index contributed by atoms with van der Waals surface area (Å²) in [6.07, 6.45) is 2.27. The topological polar surface area (TPSA) is 47.6 Å². The molecular weight excluding hydrogens is 242 g/mol. The van der Waals surface area contributed by atoms with Gasteiger partial charge in [0.1, 0.15) is 5.54 Å². The van der Waals surface area contributed by atoms with Gasteiger partial charge in [0.2, 0.25) is 0 Å². The smallest absolute Gasteiger partial charge is 0.331 e. The van der Waals surface area contributed by atoms with Crippen molar-refractivity contribution >= 4 is 11.7 Å². The minimum Gasteiger partial charge on any atom is -0.467 e. The van der Waals surface area contributed by atoms with Gasteiger partial charge in [0.25, 0.3) is 0 Å². The number of nitrogens with one attached hydrogen (secondary N) is 1. The number of anilines is 1. The van der Waals surface area contributed by atoms with Crippen LogP contribution in [0.3, 0.4) is 0 Å². The van der Waals surface area contributed by atoms with Gasteiger partial charge in [-0.05, 0) is 18.6 Å². The number of ether oxygens (including phenoxy) is 2. The summed E-state index contributed by atoms with van der Waals surface area (Å²) < 4.78 is 10.7. The zero-order valence-electron chi connectivity index (χ0n) is 11.5.